The van der Waals surface area contributed by atoms with Gasteiger partial charge in [-0.2, -0.15) is 13.2 Å². The van der Waals surface area contributed by atoms with Gasteiger partial charge in [0.15, 0.2) is 0 Å². The van der Waals surface area contributed by atoms with Gasteiger partial charge < -0.3 is 10.2 Å². The summed E-state index contributed by atoms with van der Waals surface area (Å²) in [5, 5.41) is 3.47. The smallest absolute Gasteiger partial charge is 0.343 e. The zero-order valence-electron chi connectivity index (χ0n) is 22.3. The molecule has 3 aromatic rings. The standard InChI is InChI=1S/C29H33F3N6/c1-5-18(2)26(37-27-19(3)16-21(17-34-27)29(30,31)32)28(12-7-13-28)24-10-9-23-22(36-24)8-6-15-38(23)25-11-14-33-20(4)35-25/h9-11,14,16-17H,5-8,12-13,15H2,1-4H3,(H,34,37). The fraction of sp³-hybridized carbons (Fsp3) is 0.448. The Morgan fingerprint density at radius 3 is 2.50 bits per heavy atom. The molecule has 38 heavy (non-hydrogen) atoms. The van der Waals surface area contributed by atoms with Crippen LogP contribution in [0, 0.1) is 13.8 Å². The third kappa shape index (κ3) is 4.74. The van der Waals surface area contributed by atoms with Gasteiger partial charge in [0.25, 0.3) is 0 Å². The van der Waals surface area contributed by atoms with E-state index in [0.717, 1.165) is 97.3 Å². The third-order valence-corrected chi connectivity index (χ3v) is 7.86. The van der Waals surface area contributed by atoms with Crippen LogP contribution in [0.25, 0.3) is 0 Å². The van der Waals surface area contributed by atoms with Crippen LogP contribution in [0.15, 0.2) is 47.9 Å². The second-order valence-electron chi connectivity index (χ2n) is 10.3. The molecule has 3 aromatic heterocycles. The fourth-order valence-electron chi connectivity index (χ4n) is 5.50. The van der Waals surface area contributed by atoms with Crippen LogP contribution in [0.5, 0.6) is 0 Å². The number of alkyl halides is 3. The second kappa shape index (κ2) is 10.0. The Hall–Kier alpha value is -3.49. The van der Waals surface area contributed by atoms with Gasteiger partial charge in [0.1, 0.15) is 17.5 Å². The number of anilines is 3. The number of nitrogens with zero attached hydrogens (tertiary/aromatic N) is 5. The average molecular weight is 523 g/mol. The number of allylic oxidation sites excluding steroid dienone is 2. The predicted octanol–water partition coefficient (Wildman–Crippen LogP) is 7.20. The van der Waals surface area contributed by atoms with Crippen LogP contribution < -0.4 is 10.2 Å². The van der Waals surface area contributed by atoms with E-state index in [1.54, 1.807) is 13.1 Å². The maximum Gasteiger partial charge on any atom is 0.417 e. The average Bonchev–Trinajstić information content (AvgIpc) is 2.86. The van der Waals surface area contributed by atoms with E-state index in [-0.39, 0.29) is 5.41 Å². The van der Waals surface area contributed by atoms with E-state index in [4.69, 9.17) is 4.98 Å². The first-order valence-corrected chi connectivity index (χ1v) is 13.2. The van der Waals surface area contributed by atoms with Crippen molar-refractivity contribution in [3.63, 3.8) is 0 Å². The largest absolute Gasteiger partial charge is 0.417 e. The van der Waals surface area contributed by atoms with Gasteiger partial charge in [-0.15, -0.1) is 0 Å². The number of hydrogen-bond acceptors (Lipinski definition) is 6. The van der Waals surface area contributed by atoms with Gasteiger partial charge in [0.05, 0.1) is 28.1 Å². The van der Waals surface area contributed by atoms with Gasteiger partial charge in [0.2, 0.25) is 0 Å². The van der Waals surface area contributed by atoms with Gasteiger partial charge in [-0.3, -0.25) is 4.98 Å². The summed E-state index contributed by atoms with van der Waals surface area (Å²) in [5.74, 6) is 2.06. The van der Waals surface area contributed by atoms with Crippen molar-refractivity contribution in [3.8, 4) is 0 Å². The first-order chi connectivity index (χ1) is 18.1. The summed E-state index contributed by atoms with van der Waals surface area (Å²) in [4.78, 5) is 20.5. The van der Waals surface area contributed by atoms with Gasteiger partial charge in [-0.25, -0.2) is 15.0 Å². The maximum absolute atomic E-state index is 13.2. The molecule has 0 saturated heterocycles. The van der Waals surface area contributed by atoms with Gasteiger partial charge in [0, 0.05) is 24.6 Å². The van der Waals surface area contributed by atoms with E-state index < -0.39 is 11.7 Å². The molecule has 0 spiro atoms. The van der Waals surface area contributed by atoms with E-state index in [0.29, 0.717) is 11.4 Å². The molecular formula is C29H33F3N6. The minimum atomic E-state index is -4.42. The number of aryl methyl sites for hydroxylation is 3. The molecule has 200 valence electrons. The molecule has 6 nitrogen and oxygen atoms in total. The van der Waals surface area contributed by atoms with Crippen molar-refractivity contribution in [1.29, 1.82) is 0 Å². The van der Waals surface area contributed by atoms with Crippen LogP contribution in [0.4, 0.5) is 30.5 Å². The fourth-order valence-corrected chi connectivity index (χ4v) is 5.50. The monoisotopic (exact) mass is 522 g/mol. The topological polar surface area (TPSA) is 66.8 Å². The second-order valence-corrected chi connectivity index (χ2v) is 10.3. The van der Waals surface area contributed by atoms with Gasteiger partial charge >= 0.3 is 6.18 Å². The van der Waals surface area contributed by atoms with Crippen molar-refractivity contribution in [2.24, 2.45) is 0 Å². The number of nitrogens with one attached hydrogen (secondary N) is 1. The van der Waals surface area contributed by atoms with Crippen molar-refractivity contribution in [2.75, 3.05) is 16.8 Å². The summed E-state index contributed by atoms with van der Waals surface area (Å²) >= 11 is 0. The Morgan fingerprint density at radius 2 is 1.87 bits per heavy atom. The molecule has 0 amide bonds. The normalized spacial score (nSPS) is 17.4. The summed E-state index contributed by atoms with van der Waals surface area (Å²) in [7, 11) is 0. The van der Waals surface area contributed by atoms with Crippen molar-refractivity contribution >= 4 is 17.3 Å². The molecule has 1 fully saturated rings. The molecule has 0 radical (unpaired) electrons. The Labute approximate surface area is 221 Å². The highest BCUT2D eigenvalue weighted by atomic mass is 19.4. The Balaban J connectivity index is 1.52. The van der Waals surface area contributed by atoms with Crippen molar-refractivity contribution in [2.45, 2.75) is 77.8 Å². The lowest BCUT2D eigenvalue weighted by Gasteiger charge is -2.45. The molecule has 9 heteroatoms. The molecule has 4 heterocycles. The summed E-state index contributed by atoms with van der Waals surface area (Å²) in [6.07, 6.45) is 3.85. The van der Waals surface area contributed by atoms with E-state index in [1.165, 1.54) is 0 Å². The highest BCUT2D eigenvalue weighted by molar-refractivity contribution is 5.65. The quantitative estimate of drug-likeness (QED) is 0.369. The van der Waals surface area contributed by atoms with Crippen LogP contribution in [0.1, 0.15) is 74.3 Å². The summed E-state index contributed by atoms with van der Waals surface area (Å²) in [5.41, 5.74) is 4.69. The van der Waals surface area contributed by atoms with Crippen LogP contribution in [0.2, 0.25) is 0 Å². The number of pyridine rings is 2. The lowest BCUT2D eigenvalue weighted by Crippen LogP contribution is -2.41. The molecule has 0 atom stereocenters. The molecule has 0 bridgehead atoms. The number of rotatable bonds is 6. The molecule has 1 aliphatic carbocycles. The Bertz CT molecular complexity index is 1380. The zero-order chi connectivity index (χ0) is 27.1. The highest BCUT2D eigenvalue weighted by Crippen LogP contribution is 2.51. The predicted molar refractivity (Wildman–Crippen MR) is 142 cm³/mol. The van der Waals surface area contributed by atoms with E-state index >= 15 is 0 Å². The summed E-state index contributed by atoms with van der Waals surface area (Å²) in [6.45, 7) is 8.60. The lowest BCUT2D eigenvalue weighted by atomic mass is 9.63. The third-order valence-electron chi connectivity index (χ3n) is 7.86. The first kappa shape index (κ1) is 26.1. The SMILES string of the molecule is CCC(C)=C(Nc1ncc(C(F)(F)F)cc1C)C1(c2ccc3c(n2)CCCN3c2ccnc(C)n2)CCC1. The molecule has 0 unspecified atom stereocenters. The van der Waals surface area contributed by atoms with Gasteiger partial charge in [-0.05, 0) is 82.7 Å². The minimum Gasteiger partial charge on any atom is -0.343 e. The molecule has 1 N–H and O–H groups in total. The summed E-state index contributed by atoms with van der Waals surface area (Å²) < 4.78 is 39.7. The first-order valence-electron chi connectivity index (χ1n) is 13.2. The summed E-state index contributed by atoms with van der Waals surface area (Å²) in [6, 6.07) is 7.34. The number of aromatic nitrogens is 4. The van der Waals surface area contributed by atoms with E-state index in [9.17, 15) is 13.2 Å². The maximum atomic E-state index is 13.2. The molecule has 1 saturated carbocycles. The lowest BCUT2D eigenvalue weighted by molar-refractivity contribution is -0.137. The zero-order valence-corrected chi connectivity index (χ0v) is 22.3. The Kier molecular flexibility index (Phi) is 6.88. The van der Waals surface area contributed by atoms with Crippen molar-refractivity contribution < 1.29 is 13.2 Å². The molecule has 2 aliphatic rings. The van der Waals surface area contributed by atoms with E-state index in [1.807, 2.05) is 13.0 Å². The van der Waals surface area contributed by atoms with Crippen molar-refractivity contribution in [3.05, 3.63) is 76.3 Å². The molecule has 5 rings (SSSR count). The molecule has 0 aromatic carbocycles. The van der Waals surface area contributed by atoms with Crippen LogP contribution in [-0.2, 0) is 18.0 Å². The van der Waals surface area contributed by atoms with Crippen molar-refractivity contribution in [1.82, 2.24) is 19.9 Å². The highest BCUT2D eigenvalue weighted by Gasteiger charge is 2.45. The Morgan fingerprint density at radius 1 is 1.08 bits per heavy atom. The van der Waals surface area contributed by atoms with Crippen LogP contribution >= 0.6 is 0 Å². The molecule has 1 aliphatic heterocycles. The van der Waals surface area contributed by atoms with Gasteiger partial charge in [-0.1, -0.05) is 18.9 Å². The van der Waals surface area contributed by atoms with E-state index in [2.05, 4.69) is 51.1 Å². The minimum absolute atomic E-state index is 0.320. The van der Waals surface area contributed by atoms with Crippen LogP contribution in [0.3, 0.4) is 0 Å². The number of halogens is 3. The molecular weight excluding hydrogens is 489 g/mol. The number of fused-ring (bicyclic) bond motifs is 1. The number of hydrogen-bond donors (Lipinski definition) is 1. The van der Waals surface area contributed by atoms with Crippen LogP contribution in [-0.4, -0.2) is 26.5 Å².